The highest BCUT2D eigenvalue weighted by Gasteiger charge is 2.34. The van der Waals surface area contributed by atoms with Crippen LogP contribution in [-0.4, -0.2) is 44.6 Å². The number of hydrogen-bond acceptors (Lipinski definition) is 5. The lowest BCUT2D eigenvalue weighted by molar-refractivity contribution is 0.114. The van der Waals surface area contributed by atoms with E-state index in [9.17, 15) is 5.11 Å². The number of aliphatic hydroxyl groups excluding tert-OH is 1. The van der Waals surface area contributed by atoms with Crippen molar-refractivity contribution in [2.45, 2.75) is 37.8 Å². The Morgan fingerprint density at radius 2 is 1.83 bits per heavy atom. The van der Waals surface area contributed by atoms with Crippen LogP contribution in [0, 0.1) is 11.8 Å². The van der Waals surface area contributed by atoms with E-state index in [1.807, 2.05) is 18.2 Å². The van der Waals surface area contributed by atoms with Gasteiger partial charge in [-0.05, 0) is 37.5 Å². The summed E-state index contributed by atoms with van der Waals surface area (Å²) in [6, 6.07) is 6.06. The van der Waals surface area contributed by atoms with E-state index in [2.05, 4.69) is 4.90 Å². The molecule has 3 unspecified atom stereocenters. The molecule has 5 heteroatoms. The average molecular weight is 320 g/mol. The van der Waals surface area contributed by atoms with Gasteiger partial charge in [-0.1, -0.05) is 0 Å². The van der Waals surface area contributed by atoms with Gasteiger partial charge >= 0.3 is 0 Å². The number of aliphatic hydroxyl groups is 1. The number of nitrogens with two attached hydrogens (primary N) is 1. The van der Waals surface area contributed by atoms with Crippen LogP contribution in [0.15, 0.2) is 18.2 Å². The largest absolute Gasteiger partial charge is 0.497 e. The molecule has 1 aromatic rings. The maximum Gasteiger partial charge on any atom is 0.124 e. The molecule has 0 spiro atoms. The van der Waals surface area contributed by atoms with Gasteiger partial charge in [-0.3, -0.25) is 0 Å². The topological polar surface area (TPSA) is 68.0 Å². The van der Waals surface area contributed by atoms with E-state index in [0.29, 0.717) is 11.8 Å². The number of nitrogens with zero attached hydrogens (tertiary/aromatic N) is 1. The summed E-state index contributed by atoms with van der Waals surface area (Å²) >= 11 is 0. The van der Waals surface area contributed by atoms with Crippen LogP contribution in [0.3, 0.4) is 0 Å². The van der Waals surface area contributed by atoms with Crippen LogP contribution in [0.25, 0.3) is 0 Å². The Labute approximate surface area is 138 Å². The number of methoxy groups -OCH3 is 2. The molecule has 0 aromatic heterocycles. The zero-order chi connectivity index (χ0) is 16.4. The molecule has 2 aliphatic rings. The number of hydrogen-bond donors (Lipinski definition) is 2. The van der Waals surface area contributed by atoms with E-state index < -0.39 is 0 Å². The van der Waals surface area contributed by atoms with Crippen molar-refractivity contribution in [2.24, 2.45) is 17.6 Å². The zero-order valence-electron chi connectivity index (χ0n) is 14.1. The van der Waals surface area contributed by atoms with Gasteiger partial charge in [-0.25, -0.2) is 0 Å². The predicted molar refractivity (Wildman–Crippen MR) is 91.2 cm³/mol. The molecule has 0 radical (unpaired) electrons. The van der Waals surface area contributed by atoms with Crippen molar-refractivity contribution in [1.82, 2.24) is 0 Å². The molecule has 23 heavy (non-hydrogen) atoms. The minimum atomic E-state index is -0.160. The highest BCUT2D eigenvalue weighted by molar-refractivity contribution is 5.56. The van der Waals surface area contributed by atoms with Crippen LogP contribution in [0.4, 0.5) is 5.69 Å². The molecule has 5 nitrogen and oxygen atoms in total. The van der Waals surface area contributed by atoms with Gasteiger partial charge in [0.25, 0.3) is 0 Å². The molecule has 128 valence electrons. The average Bonchev–Trinajstić information content (AvgIpc) is 3.38. The van der Waals surface area contributed by atoms with Gasteiger partial charge in [0.1, 0.15) is 11.5 Å². The van der Waals surface area contributed by atoms with Gasteiger partial charge in [0, 0.05) is 43.0 Å². The van der Waals surface area contributed by atoms with Crippen LogP contribution in [0.2, 0.25) is 0 Å². The van der Waals surface area contributed by atoms with Crippen molar-refractivity contribution in [3.05, 3.63) is 18.2 Å². The second-order valence-corrected chi connectivity index (χ2v) is 6.98. The Morgan fingerprint density at radius 1 is 1.17 bits per heavy atom. The number of piperidine rings is 1. The van der Waals surface area contributed by atoms with Crippen molar-refractivity contribution >= 4 is 5.69 Å². The highest BCUT2D eigenvalue weighted by atomic mass is 16.5. The molecule has 3 rings (SSSR count). The van der Waals surface area contributed by atoms with Crippen molar-refractivity contribution < 1.29 is 14.6 Å². The number of ether oxygens (including phenoxy) is 2. The molecule has 1 aromatic carbocycles. The molecule has 0 amide bonds. The Morgan fingerprint density at radius 3 is 2.39 bits per heavy atom. The standard InChI is InChI=1S/C18H28N2O3/c1-22-16-7-15(8-17(9-16)23-2)20-10-12(5-14(19)11-20)6-18(21)13-3-4-13/h7-9,12-14,18,21H,3-6,10-11,19H2,1-2H3. The normalized spacial score (nSPS) is 26.0. The summed E-state index contributed by atoms with van der Waals surface area (Å²) < 4.78 is 10.7. The molecule has 1 saturated heterocycles. The van der Waals surface area contributed by atoms with E-state index >= 15 is 0 Å². The molecular formula is C18H28N2O3. The lowest BCUT2D eigenvalue weighted by Gasteiger charge is -2.38. The third kappa shape index (κ3) is 4.09. The summed E-state index contributed by atoms with van der Waals surface area (Å²) in [6.45, 7) is 1.75. The molecule has 1 aliphatic carbocycles. The fourth-order valence-electron chi connectivity index (χ4n) is 3.62. The molecule has 3 N–H and O–H groups in total. The quantitative estimate of drug-likeness (QED) is 0.839. The Bertz CT molecular complexity index is 511. The van der Waals surface area contributed by atoms with Crippen LogP contribution in [-0.2, 0) is 0 Å². The monoisotopic (exact) mass is 320 g/mol. The zero-order valence-corrected chi connectivity index (χ0v) is 14.1. The van der Waals surface area contributed by atoms with Crippen molar-refractivity contribution in [3.63, 3.8) is 0 Å². The first-order valence-electron chi connectivity index (χ1n) is 8.50. The van der Waals surface area contributed by atoms with E-state index in [1.165, 1.54) is 12.8 Å². The van der Waals surface area contributed by atoms with E-state index in [-0.39, 0.29) is 12.1 Å². The van der Waals surface area contributed by atoms with Crippen molar-refractivity contribution in [2.75, 3.05) is 32.2 Å². The van der Waals surface area contributed by atoms with Gasteiger partial charge in [0.05, 0.1) is 20.3 Å². The third-order valence-corrected chi connectivity index (χ3v) is 5.01. The fraction of sp³-hybridized carbons (Fsp3) is 0.667. The smallest absolute Gasteiger partial charge is 0.124 e. The van der Waals surface area contributed by atoms with Gasteiger partial charge in [-0.15, -0.1) is 0 Å². The Hall–Kier alpha value is -1.46. The van der Waals surface area contributed by atoms with Crippen LogP contribution in [0.5, 0.6) is 11.5 Å². The Balaban J connectivity index is 1.72. The summed E-state index contributed by atoms with van der Waals surface area (Å²) in [5.74, 6) is 2.53. The second kappa shape index (κ2) is 6.97. The molecule has 1 heterocycles. The van der Waals surface area contributed by atoms with E-state index in [0.717, 1.165) is 43.1 Å². The first-order chi connectivity index (χ1) is 11.1. The number of benzene rings is 1. The maximum atomic E-state index is 10.2. The predicted octanol–water partition coefficient (Wildman–Crippen LogP) is 2.02. The second-order valence-electron chi connectivity index (χ2n) is 6.98. The number of anilines is 1. The Kier molecular flexibility index (Phi) is 4.97. The number of rotatable bonds is 6. The van der Waals surface area contributed by atoms with Gasteiger partial charge < -0.3 is 25.2 Å². The molecule has 0 bridgehead atoms. The fourth-order valence-corrected chi connectivity index (χ4v) is 3.62. The van der Waals surface area contributed by atoms with Crippen LogP contribution >= 0.6 is 0 Å². The summed E-state index contributed by atoms with van der Waals surface area (Å²) in [7, 11) is 3.32. The summed E-state index contributed by atoms with van der Waals surface area (Å²) in [6.07, 6.45) is 4.04. The molecule has 3 atom stereocenters. The lowest BCUT2D eigenvalue weighted by atomic mass is 9.88. The van der Waals surface area contributed by atoms with Gasteiger partial charge in [0.15, 0.2) is 0 Å². The minimum absolute atomic E-state index is 0.136. The first-order valence-corrected chi connectivity index (χ1v) is 8.50. The van der Waals surface area contributed by atoms with Crippen LogP contribution < -0.4 is 20.1 Å². The summed E-state index contributed by atoms with van der Waals surface area (Å²) in [5.41, 5.74) is 7.35. The third-order valence-electron chi connectivity index (χ3n) is 5.01. The van der Waals surface area contributed by atoms with Gasteiger partial charge in [-0.2, -0.15) is 0 Å². The SMILES string of the molecule is COc1cc(OC)cc(N2CC(N)CC(CC(O)C3CC3)C2)c1. The molecule has 1 aliphatic heterocycles. The summed E-state index contributed by atoms with van der Waals surface area (Å²) in [5, 5.41) is 10.2. The summed E-state index contributed by atoms with van der Waals surface area (Å²) in [4.78, 5) is 2.30. The van der Waals surface area contributed by atoms with Crippen LogP contribution in [0.1, 0.15) is 25.7 Å². The van der Waals surface area contributed by atoms with Gasteiger partial charge in [0.2, 0.25) is 0 Å². The van der Waals surface area contributed by atoms with Crippen molar-refractivity contribution in [1.29, 1.82) is 0 Å². The molecule has 1 saturated carbocycles. The van der Waals surface area contributed by atoms with Crippen molar-refractivity contribution in [3.8, 4) is 11.5 Å². The van der Waals surface area contributed by atoms with E-state index in [1.54, 1.807) is 14.2 Å². The van der Waals surface area contributed by atoms with E-state index in [4.69, 9.17) is 15.2 Å². The molecule has 2 fully saturated rings. The maximum absolute atomic E-state index is 10.2. The first kappa shape index (κ1) is 16.4. The lowest BCUT2D eigenvalue weighted by Crippen LogP contribution is -2.47. The molecular weight excluding hydrogens is 292 g/mol. The minimum Gasteiger partial charge on any atom is -0.497 e. The highest BCUT2D eigenvalue weighted by Crippen LogP contribution is 2.37.